The number of amides is 1. The van der Waals surface area contributed by atoms with Gasteiger partial charge < -0.3 is 14.4 Å². The quantitative estimate of drug-likeness (QED) is 0.643. The van der Waals surface area contributed by atoms with E-state index in [1.807, 2.05) is 31.7 Å². The predicted octanol–water partition coefficient (Wildman–Crippen LogP) is 3.53. The molecule has 0 aromatic carbocycles. The lowest BCUT2D eigenvalue weighted by molar-refractivity contribution is 0.0153. The number of methoxy groups -OCH3 is 1. The Kier molecular flexibility index (Phi) is 6.90. The van der Waals surface area contributed by atoms with Gasteiger partial charge in [0.15, 0.2) is 0 Å². The van der Waals surface area contributed by atoms with Crippen LogP contribution in [0, 0.1) is 3.57 Å². The number of aromatic nitrogens is 1. The van der Waals surface area contributed by atoms with E-state index in [0.717, 1.165) is 41.6 Å². The molecule has 1 amide bonds. The molecule has 0 unspecified atom stereocenters. The van der Waals surface area contributed by atoms with Gasteiger partial charge in [0.1, 0.15) is 5.60 Å². The summed E-state index contributed by atoms with van der Waals surface area (Å²) in [5, 5.41) is 0. The maximum absolute atomic E-state index is 12.2. The van der Waals surface area contributed by atoms with E-state index in [1.165, 1.54) is 0 Å². The van der Waals surface area contributed by atoms with Crippen LogP contribution in [0.25, 0.3) is 0 Å². The summed E-state index contributed by atoms with van der Waals surface area (Å²) in [5.74, 6) is 0.685. The van der Waals surface area contributed by atoms with Gasteiger partial charge in [0.05, 0.1) is 7.11 Å². The Morgan fingerprint density at radius 2 is 2.04 bits per heavy atom. The lowest BCUT2D eigenvalue weighted by Gasteiger charge is -2.37. The van der Waals surface area contributed by atoms with Crippen LogP contribution in [0.5, 0.6) is 5.88 Å². The molecule has 2 heterocycles. The molecule has 1 fully saturated rings. The van der Waals surface area contributed by atoms with Crippen molar-refractivity contribution in [2.75, 3.05) is 27.2 Å². The van der Waals surface area contributed by atoms with Crippen LogP contribution in [-0.2, 0) is 11.3 Å². The molecule has 7 heteroatoms. The number of likely N-dealkylation sites (tertiary alicyclic amines) is 1. The molecule has 1 saturated heterocycles. The summed E-state index contributed by atoms with van der Waals surface area (Å²) in [5.41, 5.74) is 0.667. The first kappa shape index (κ1) is 20.2. The first-order chi connectivity index (χ1) is 11.7. The minimum atomic E-state index is -0.446. The molecule has 6 nitrogen and oxygen atoms in total. The van der Waals surface area contributed by atoms with E-state index in [-0.39, 0.29) is 6.09 Å². The molecule has 0 N–H and O–H groups in total. The molecular weight excluding hydrogens is 433 g/mol. The van der Waals surface area contributed by atoms with Crippen LogP contribution >= 0.6 is 22.6 Å². The van der Waals surface area contributed by atoms with E-state index in [4.69, 9.17) is 9.47 Å². The van der Waals surface area contributed by atoms with Gasteiger partial charge in [-0.3, -0.25) is 4.90 Å². The second kappa shape index (κ2) is 8.53. The molecule has 1 aliphatic heterocycles. The second-order valence-electron chi connectivity index (χ2n) is 7.39. The number of piperidine rings is 1. The Bertz CT molecular complexity index is 596. The van der Waals surface area contributed by atoms with Crippen LogP contribution in [0.3, 0.4) is 0 Å². The van der Waals surface area contributed by atoms with Gasteiger partial charge in [0.2, 0.25) is 5.88 Å². The standard InChI is InChI=1S/C18H28IN3O3/c1-18(2,3)25-17(23)22-10-7-13(8-11-22)21(4)12-14-15(19)6-9-20-16(14)24-5/h6,9,13H,7-8,10-12H2,1-5H3. The van der Waals surface area contributed by atoms with Crippen LogP contribution in [0.1, 0.15) is 39.2 Å². The van der Waals surface area contributed by atoms with Crippen molar-refractivity contribution in [2.24, 2.45) is 0 Å². The number of hydrogen-bond donors (Lipinski definition) is 0. The zero-order chi connectivity index (χ0) is 18.6. The molecule has 1 aromatic rings. The molecule has 25 heavy (non-hydrogen) atoms. The Balaban J connectivity index is 1.92. The molecule has 2 rings (SSSR count). The average molecular weight is 461 g/mol. The summed E-state index contributed by atoms with van der Waals surface area (Å²) in [4.78, 5) is 20.6. The maximum Gasteiger partial charge on any atom is 0.410 e. The number of ether oxygens (including phenoxy) is 2. The van der Waals surface area contributed by atoms with E-state index in [0.29, 0.717) is 11.9 Å². The van der Waals surface area contributed by atoms with Gasteiger partial charge in [0, 0.05) is 41.0 Å². The van der Waals surface area contributed by atoms with Crippen molar-refractivity contribution in [2.45, 2.75) is 51.8 Å². The molecule has 140 valence electrons. The molecule has 1 aliphatic rings. The van der Waals surface area contributed by atoms with Crippen molar-refractivity contribution in [3.8, 4) is 5.88 Å². The van der Waals surface area contributed by atoms with Crippen molar-refractivity contribution in [1.82, 2.24) is 14.8 Å². The normalized spacial score (nSPS) is 16.2. The minimum Gasteiger partial charge on any atom is -0.481 e. The minimum absolute atomic E-state index is 0.211. The summed E-state index contributed by atoms with van der Waals surface area (Å²) in [7, 11) is 3.78. The predicted molar refractivity (Wildman–Crippen MR) is 106 cm³/mol. The lowest BCUT2D eigenvalue weighted by Crippen LogP contribution is -2.46. The number of hydrogen-bond acceptors (Lipinski definition) is 5. The topological polar surface area (TPSA) is 54.9 Å². The van der Waals surface area contributed by atoms with Gasteiger partial charge in [-0.25, -0.2) is 9.78 Å². The Morgan fingerprint density at radius 3 is 2.60 bits per heavy atom. The number of halogens is 1. The van der Waals surface area contributed by atoms with Gasteiger partial charge in [-0.15, -0.1) is 0 Å². The number of pyridine rings is 1. The maximum atomic E-state index is 12.2. The van der Waals surface area contributed by atoms with Crippen LogP contribution < -0.4 is 4.74 Å². The fourth-order valence-corrected chi connectivity index (χ4v) is 3.53. The summed E-state index contributed by atoms with van der Waals surface area (Å²) in [6, 6.07) is 2.43. The zero-order valence-corrected chi connectivity index (χ0v) is 17.9. The van der Waals surface area contributed by atoms with Crippen LogP contribution in [0.2, 0.25) is 0 Å². The third kappa shape index (κ3) is 5.70. The number of carbonyl (C=O) groups is 1. The third-order valence-electron chi connectivity index (χ3n) is 4.30. The fourth-order valence-electron chi connectivity index (χ4n) is 2.96. The largest absolute Gasteiger partial charge is 0.481 e. The van der Waals surface area contributed by atoms with Crippen molar-refractivity contribution >= 4 is 28.7 Å². The number of rotatable bonds is 4. The van der Waals surface area contributed by atoms with E-state index in [2.05, 4.69) is 39.5 Å². The van der Waals surface area contributed by atoms with Crippen molar-refractivity contribution in [3.05, 3.63) is 21.4 Å². The first-order valence-electron chi connectivity index (χ1n) is 8.57. The highest BCUT2D eigenvalue weighted by atomic mass is 127. The SMILES string of the molecule is COc1nccc(I)c1CN(C)C1CCN(C(=O)OC(C)(C)C)CC1. The Morgan fingerprint density at radius 1 is 1.40 bits per heavy atom. The number of nitrogens with zero attached hydrogens (tertiary/aromatic N) is 3. The molecule has 0 saturated carbocycles. The first-order valence-corrected chi connectivity index (χ1v) is 9.64. The molecule has 0 spiro atoms. The van der Waals surface area contributed by atoms with E-state index in [9.17, 15) is 4.79 Å². The van der Waals surface area contributed by atoms with Crippen molar-refractivity contribution < 1.29 is 14.3 Å². The molecule has 1 aromatic heterocycles. The summed E-state index contributed by atoms with van der Waals surface area (Å²) < 4.78 is 12.0. The van der Waals surface area contributed by atoms with Gasteiger partial charge in [0.25, 0.3) is 0 Å². The highest BCUT2D eigenvalue weighted by Crippen LogP contribution is 2.25. The number of carbonyl (C=O) groups excluding carboxylic acids is 1. The summed E-state index contributed by atoms with van der Waals surface area (Å²) in [6.45, 7) is 7.93. The van der Waals surface area contributed by atoms with Crippen molar-refractivity contribution in [1.29, 1.82) is 0 Å². The van der Waals surface area contributed by atoms with Crippen LogP contribution in [-0.4, -0.2) is 59.8 Å². The van der Waals surface area contributed by atoms with Crippen molar-refractivity contribution in [3.63, 3.8) is 0 Å². The van der Waals surface area contributed by atoms with Gasteiger partial charge in [-0.05, 0) is 69.3 Å². The molecule has 0 aliphatic carbocycles. The highest BCUT2D eigenvalue weighted by Gasteiger charge is 2.29. The Labute approximate surface area is 164 Å². The van der Waals surface area contributed by atoms with Crippen LogP contribution in [0.4, 0.5) is 4.79 Å². The monoisotopic (exact) mass is 461 g/mol. The molecular formula is C18H28IN3O3. The summed E-state index contributed by atoms with van der Waals surface area (Å²) >= 11 is 2.32. The van der Waals surface area contributed by atoms with Gasteiger partial charge in [-0.1, -0.05) is 0 Å². The third-order valence-corrected chi connectivity index (χ3v) is 5.31. The van der Waals surface area contributed by atoms with Gasteiger partial charge in [-0.2, -0.15) is 0 Å². The highest BCUT2D eigenvalue weighted by molar-refractivity contribution is 14.1. The summed E-state index contributed by atoms with van der Waals surface area (Å²) in [6.07, 6.45) is 3.44. The second-order valence-corrected chi connectivity index (χ2v) is 8.56. The van der Waals surface area contributed by atoms with E-state index in [1.54, 1.807) is 13.3 Å². The Hall–Kier alpha value is -1.09. The van der Waals surface area contributed by atoms with Gasteiger partial charge >= 0.3 is 6.09 Å². The van der Waals surface area contributed by atoms with E-state index >= 15 is 0 Å². The fraction of sp³-hybridized carbons (Fsp3) is 0.667. The lowest BCUT2D eigenvalue weighted by atomic mass is 10.0. The molecule has 0 radical (unpaired) electrons. The smallest absolute Gasteiger partial charge is 0.410 e. The molecule has 0 bridgehead atoms. The average Bonchev–Trinajstić information content (AvgIpc) is 2.55. The van der Waals surface area contributed by atoms with Crippen LogP contribution in [0.15, 0.2) is 12.3 Å². The molecule has 0 atom stereocenters. The zero-order valence-electron chi connectivity index (χ0n) is 15.7. The van der Waals surface area contributed by atoms with E-state index < -0.39 is 5.60 Å².